The number of hydrogen-bond acceptors (Lipinski definition) is 10. The molecule has 2 aliphatic heterocycles. The summed E-state index contributed by atoms with van der Waals surface area (Å²) in [6.45, 7) is 1.16. The van der Waals surface area contributed by atoms with Crippen LogP contribution in [-0.4, -0.2) is 61.3 Å². The molecule has 14 heteroatoms. The summed E-state index contributed by atoms with van der Waals surface area (Å²) in [6, 6.07) is 7.13. The van der Waals surface area contributed by atoms with Crippen LogP contribution in [0.4, 0.5) is 11.6 Å². The van der Waals surface area contributed by atoms with Crippen molar-refractivity contribution in [1.82, 2.24) is 30.3 Å². The molecule has 1 fully saturated rings. The fraction of sp³-hybridized carbons (Fsp3) is 0.375. The molecule has 2 aromatic heterocycles. The largest absolute Gasteiger partial charge is 0.382 e. The number of rotatable bonds is 5. The van der Waals surface area contributed by atoms with Gasteiger partial charge < -0.3 is 26.2 Å². The molecule has 0 atom stereocenters. The minimum Gasteiger partial charge on any atom is -0.382 e. The fourth-order valence-electron chi connectivity index (χ4n) is 4.62. The van der Waals surface area contributed by atoms with Gasteiger partial charge in [0.25, 0.3) is 5.91 Å². The maximum Gasteiger partial charge on any atom is 0.279 e. The van der Waals surface area contributed by atoms with Crippen molar-refractivity contribution in [2.24, 2.45) is 4.99 Å². The molecule has 38 heavy (non-hydrogen) atoms. The number of nitrogens with zero attached hydrogens (tertiary/aromatic N) is 6. The van der Waals surface area contributed by atoms with Crippen molar-refractivity contribution in [3.63, 3.8) is 0 Å². The molecule has 0 saturated carbocycles. The lowest BCUT2D eigenvalue weighted by Gasteiger charge is -2.37. The average molecular weight is 558 g/mol. The number of aromatic nitrogens is 4. The first-order valence-electron chi connectivity index (χ1n) is 12.1. The molecular weight excluding hydrogens is 533 g/mol. The Kier molecular flexibility index (Phi) is 7.17. The van der Waals surface area contributed by atoms with Crippen molar-refractivity contribution in [3.8, 4) is 11.4 Å². The van der Waals surface area contributed by atoms with Gasteiger partial charge in [-0.2, -0.15) is 4.98 Å². The van der Waals surface area contributed by atoms with Gasteiger partial charge in [-0.1, -0.05) is 28.4 Å². The summed E-state index contributed by atoms with van der Waals surface area (Å²) in [5, 5.41) is 7.28. The van der Waals surface area contributed by atoms with Crippen LogP contribution in [-0.2, 0) is 11.2 Å². The van der Waals surface area contributed by atoms with E-state index in [0.717, 1.165) is 12.0 Å². The third-order valence-corrected chi connectivity index (χ3v) is 7.28. The SMILES string of the molecule is Nc1nc(N)c(C(=O)NC2=NC3(CC2)CCN(C(=O)CCc2nc(-c4ccc(Cl)cc4)no2)CC3)nc1Cl. The Morgan fingerprint density at radius 1 is 1.03 bits per heavy atom. The summed E-state index contributed by atoms with van der Waals surface area (Å²) in [4.78, 5) is 44.2. The van der Waals surface area contributed by atoms with E-state index in [2.05, 4.69) is 25.4 Å². The molecule has 4 heterocycles. The predicted molar refractivity (Wildman–Crippen MR) is 142 cm³/mol. The van der Waals surface area contributed by atoms with Crippen molar-refractivity contribution in [3.05, 3.63) is 46.0 Å². The Morgan fingerprint density at radius 3 is 2.50 bits per heavy atom. The van der Waals surface area contributed by atoms with Gasteiger partial charge in [0.1, 0.15) is 5.84 Å². The second-order valence-corrected chi connectivity index (χ2v) is 10.1. The number of aryl methyl sites for hydroxylation is 1. The number of nitrogens with one attached hydrogen (secondary N) is 1. The fourth-order valence-corrected chi connectivity index (χ4v) is 4.87. The molecule has 5 rings (SSSR count). The van der Waals surface area contributed by atoms with Gasteiger partial charge in [-0.25, -0.2) is 9.97 Å². The van der Waals surface area contributed by atoms with Crippen LogP contribution in [0.15, 0.2) is 33.8 Å². The summed E-state index contributed by atoms with van der Waals surface area (Å²) in [5.74, 6) is 0.754. The third kappa shape index (κ3) is 5.55. The van der Waals surface area contributed by atoms with Gasteiger partial charge in [0.15, 0.2) is 22.5 Å². The highest BCUT2D eigenvalue weighted by molar-refractivity contribution is 6.32. The average Bonchev–Trinajstić information content (AvgIpc) is 3.53. The molecule has 1 spiro atoms. The van der Waals surface area contributed by atoms with Crippen molar-refractivity contribution in [1.29, 1.82) is 0 Å². The molecule has 0 bridgehead atoms. The minimum atomic E-state index is -0.541. The van der Waals surface area contributed by atoms with Crippen LogP contribution in [0.5, 0.6) is 0 Å². The molecule has 1 saturated heterocycles. The topological polar surface area (TPSA) is 179 Å². The Bertz CT molecular complexity index is 1400. The number of amides is 2. The lowest BCUT2D eigenvalue weighted by atomic mass is 9.86. The summed E-state index contributed by atoms with van der Waals surface area (Å²) in [7, 11) is 0. The van der Waals surface area contributed by atoms with Crippen molar-refractivity contribution in [2.45, 2.75) is 44.1 Å². The van der Waals surface area contributed by atoms with Gasteiger partial charge in [-0.15, -0.1) is 0 Å². The zero-order chi connectivity index (χ0) is 26.9. The molecule has 5 N–H and O–H groups in total. The van der Waals surface area contributed by atoms with Crippen LogP contribution in [0, 0.1) is 0 Å². The van der Waals surface area contributed by atoms with E-state index < -0.39 is 5.91 Å². The normalized spacial score (nSPS) is 16.5. The first-order chi connectivity index (χ1) is 18.2. The number of anilines is 2. The van der Waals surface area contributed by atoms with E-state index in [1.807, 2.05) is 17.0 Å². The van der Waals surface area contributed by atoms with Crippen LogP contribution in [0.25, 0.3) is 11.4 Å². The highest BCUT2D eigenvalue weighted by atomic mass is 35.5. The number of aliphatic imine (C=N–C) groups is 1. The Balaban J connectivity index is 1.12. The van der Waals surface area contributed by atoms with E-state index in [-0.39, 0.29) is 40.3 Å². The molecule has 198 valence electrons. The second-order valence-electron chi connectivity index (χ2n) is 9.27. The Labute approximate surface area is 227 Å². The van der Waals surface area contributed by atoms with Gasteiger partial charge in [-0.3, -0.25) is 14.6 Å². The van der Waals surface area contributed by atoms with E-state index in [4.69, 9.17) is 44.2 Å². The van der Waals surface area contributed by atoms with Gasteiger partial charge in [0.05, 0.1) is 5.54 Å². The van der Waals surface area contributed by atoms with Gasteiger partial charge in [0.2, 0.25) is 17.6 Å². The first kappa shape index (κ1) is 25.9. The number of amidine groups is 1. The number of hydrogen-bond donors (Lipinski definition) is 3. The van der Waals surface area contributed by atoms with Gasteiger partial charge in [0, 0.05) is 42.9 Å². The zero-order valence-corrected chi connectivity index (χ0v) is 21.8. The Morgan fingerprint density at radius 2 is 1.76 bits per heavy atom. The quantitative estimate of drug-likeness (QED) is 0.425. The number of benzene rings is 1. The van der Waals surface area contributed by atoms with Crippen molar-refractivity contribution < 1.29 is 14.1 Å². The van der Waals surface area contributed by atoms with Crippen LogP contribution in [0.2, 0.25) is 10.2 Å². The van der Waals surface area contributed by atoms with E-state index in [9.17, 15) is 9.59 Å². The van der Waals surface area contributed by atoms with E-state index in [0.29, 0.717) is 61.3 Å². The summed E-state index contributed by atoms with van der Waals surface area (Å²) >= 11 is 11.8. The molecule has 0 unspecified atom stereocenters. The van der Waals surface area contributed by atoms with Crippen LogP contribution in [0.3, 0.4) is 0 Å². The number of piperidine rings is 1. The monoisotopic (exact) mass is 557 g/mol. The summed E-state index contributed by atoms with van der Waals surface area (Å²) in [5.41, 5.74) is 11.7. The molecule has 1 aromatic carbocycles. The number of carbonyl (C=O) groups excluding carboxylic acids is 2. The molecule has 2 amide bonds. The third-order valence-electron chi connectivity index (χ3n) is 6.75. The van der Waals surface area contributed by atoms with Crippen LogP contribution >= 0.6 is 23.2 Å². The lowest BCUT2D eigenvalue weighted by Crippen LogP contribution is -2.45. The van der Waals surface area contributed by atoms with Crippen molar-refractivity contribution in [2.75, 3.05) is 24.6 Å². The molecule has 3 aromatic rings. The van der Waals surface area contributed by atoms with Crippen molar-refractivity contribution >= 4 is 52.5 Å². The highest BCUT2D eigenvalue weighted by Crippen LogP contribution is 2.36. The highest BCUT2D eigenvalue weighted by Gasteiger charge is 2.39. The van der Waals surface area contributed by atoms with Gasteiger partial charge >= 0.3 is 0 Å². The number of likely N-dealkylation sites (tertiary alicyclic amines) is 1. The first-order valence-corrected chi connectivity index (χ1v) is 12.8. The molecule has 2 aliphatic rings. The van der Waals surface area contributed by atoms with E-state index >= 15 is 0 Å². The summed E-state index contributed by atoms with van der Waals surface area (Å²) < 4.78 is 5.31. The zero-order valence-electron chi connectivity index (χ0n) is 20.3. The minimum absolute atomic E-state index is 0.0240. The predicted octanol–water partition coefficient (Wildman–Crippen LogP) is 2.91. The molecule has 0 aliphatic carbocycles. The smallest absolute Gasteiger partial charge is 0.279 e. The van der Waals surface area contributed by atoms with E-state index in [1.54, 1.807) is 12.1 Å². The van der Waals surface area contributed by atoms with Gasteiger partial charge in [-0.05, 0) is 43.5 Å². The summed E-state index contributed by atoms with van der Waals surface area (Å²) in [6.07, 6.45) is 3.42. The van der Waals surface area contributed by atoms with E-state index in [1.165, 1.54) is 0 Å². The second kappa shape index (κ2) is 10.5. The number of halogens is 2. The molecule has 0 radical (unpaired) electrons. The molecular formula is C24H25Cl2N9O3. The maximum atomic E-state index is 12.8. The van der Waals surface area contributed by atoms with Crippen LogP contribution in [0.1, 0.15) is 48.5 Å². The van der Waals surface area contributed by atoms with Crippen LogP contribution < -0.4 is 16.8 Å². The number of nitrogens with two attached hydrogens (primary N) is 2. The number of carbonyl (C=O) groups is 2. The Hall–Kier alpha value is -3.77. The standard InChI is InChI=1S/C24H25Cl2N9O3/c25-14-3-1-13(2-4-14)22-30-16(38-34-22)5-6-17(36)35-11-9-24(10-12-35)8-7-15(33-24)29-23(37)18-20(27)32-21(28)19(26)31-18/h1-4H,5-12H2,(H4,27,28,32)(H,29,33,37). The number of nitrogen functional groups attached to an aromatic ring is 2. The lowest BCUT2D eigenvalue weighted by molar-refractivity contribution is -0.132. The molecule has 12 nitrogen and oxygen atoms in total. The maximum absolute atomic E-state index is 12.8.